The van der Waals surface area contributed by atoms with E-state index in [0.29, 0.717) is 22.6 Å². The van der Waals surface area contributed by atoms with Crippen molar-refractivity contribution in [1.82, 2.24) is 20.6 Å². The van der Waals surface area contributed by atoms with Gasteiger partial charge in [0.2, 0.25) is 0 Å². The van der Waals surface area contributed by atoms with Crippen molar-refractivity contribution in [1.29, 1.82) is 0 Å². The van der Waals surface area contributed by atoms with Crippen molar-refractivity contribution in [2.45, 2.75) is 0 Å². The van der Waals surface area contributed by atoms with Crippen LogP contribution in [0.25, 0.3) is 33.7 Å². The first-order valence-corrected chi connectivity index (χ1v) is 7.58. The minimum Gasteiger partial charge on any atom is -0.455 e. The maximum atomic E-state index is 12.3. The Morgan fingerprint density at radius 3 is 2.57 bits per heavy atom. The number of hydrogen-bond acceptors (Lipinski definition) is 5. The molecule has 6 nitrogen and oxygen atoms in total. The highest BCUT2D eigenvalue weighted by Crippen LogP contribution is 2.28. The molecule has 112 valence electrons. The normalized spacial score (nSPS) is 11.0. The maximum Gasteiger partial charge on any atom is 0.193 e. The second-order valence-corrected chi connectivity index (χ2v) is 5.77. The zero-order valence-corrected chi connectivity index (χ0v) is 13.2. The number of nitrogens with one attached hydrogen (secondary N) is 1. The number of aromatic amines is 1. The van der Waals surface area contributed by atoms with Crippen LogP contribution in [0.4, 0.5) is 0 Å². The van der Waals surface area contributed by atoms with Gasteiger partial charge < -0.3 is 4.42 Å². The van der Waals surface area contributed by atoms with E-state index >= 15 is 0 Å². The summed E-state index contributed by atoms with van der Waals surface area (Å²) in [6.45, 7) is 0. The summed E-state index contributed by atoms with van der Waals surface area (Å²) in [5, 5.41) is 14.2. The number of fused-ring (bicyclic) bond motifs is 1. The fourth-order valence-electron chi connectivity index (χ4n) is 2.36. The lowest BCUT2D eigenvalue weighted by Crippen LogP contribution is -2.00. The minimum absolute atomic E-state index is 0.0777. The van der Waals surface area contributed by atoms with Crippen LogP contribution in [0.5, 0.6) is 0 Å². The summed E-state index contributed by atoms with van der Waals surface area (Å²) in [5.41, 5.74) is 2.11. The summed E-state index contributed by atoms with van der Waals surface area (Å²) in [4.78, 5) is 12.3. The second-order valence-electron chi connectivity index (χ2n) is 4.92. The Labute approximate surface area is 138 Å². The Balaban J connectivity index is 1.83. The molecule has 7 heteroatoms. The van der Waals surface area contributed by atoms with Gasteiger partial charge in [0, 0.05) is 17.2 Å². The molecular formula is C16H9BrN4O2. The smallest absolute Gasteiger partial charge is 0.193 e. The van der Waals surface area contributed by atoms with E-state index in [1.54, 1.807) is 6.07 Å². The van der Waals surface area contributed by atoms with E-state index < -0.39 is 0 Å². The van der Waals surface area contributed by atoms with Gasteiger partial charge in [0.25, 0.3) is 0 Å². The van der Waals surface area contributed by atoms with Crippen LogP contribution < -0.4 is 5.43 Å². The monoisotopic (exact) mass is 368 g/mol. The molecule has 4 aromatic rings. The number of para-hydroxylation sites is 1. The van der Waals surface area contributed by atoms with E-state index in [9.17, 15) is 4.79 Å². The summed E-state index contributed by atoms with van der Waals surface area (Å²) >= 11 is 3.42. The van der Waals surface area contributed by atoms with E-state index in [0.717, 1.165) is 15.6 Å². The van der Waals surface area contributed by atoms with Crippen molar-refractivity contribution in [3.63, 3.8) is 0 Å². The molecule has 0 aliphatic rings. The Kier molecular flexibility index (Phi) is 3.27. The molecule has 0 amide bonds. The Morgan fingerprint density at radius 2 is 1.83 bits per heavy atom. The number of aromatic nitrogens is 4. The number of tetrazole rings is 1. The number of benzene rings is 2. The van der Waals surface area contributed by atoms with Crippen molar-refractivity contribution in [3.05, 3.63) is 63.2 Å². The fourth-order valence-corrected chi connectivity index (χ4v) is 2.81. The number of nitrogens with zero attached hydrogens (tertiary/aromatic N) is 3. The van der Waals surface area contributed by atoms with Gasteiger partial charge in [-0.3, -0.25) is 4.79 Å². The van der Waals surface area contributed by atoms with E-state index in [-0.39, 0.29) is 5.43 Å². The summed E-state index contributed by atoms with van der Waals surface area (Å²) in [7, 11) is 0. The molecule has 0 unspecified atom stereocenters. The van der Waals surface area contributed by atoms with Crippen molar-refractivity contribution in [3.8, 4) is 22.7 Å². The van der Waals surface area contributed by atoms with Crippen molar-refractivity contribution >= 4 is 26.9 Å². The number of hydrogen-bond donors (Lipinski definition) is 1. The third-order valence-electron chi connectivity index (χ3n) is 3.49. The molecule has 2 aromatic carbocycles. The highest BCUT2D eigenvalue weighted by Gasteiger charge is 2.10. The first-order chi connectivity index (χ1) is 11.2. The van der Waals surface area contributed by atoms with Crippen LogP contribution in [-0.2, 0) is 0 Å². The van der Waals surface area contributed by atoms with Crippen molar-refractivity contribution < 1.29 is 4.42 Å². The molecule has 4 rings (SSSR count). The lowest BCUT2D eigenvalue weighted by atomic mass is 10.1. The Hall–Kier alpha value is -2.80. The third-order valence-corrected chi connectivity index (χ3v) is 4.12. The number of rotatable bonds is 2. The van der Waals surface area contributed by atoms with Gasteiger partial charge in [-0.1, -0.05) is 30.3 Å². The lowest BCUT2D eigenvalue weighted by Gasteiger charge is -2.05. The molecule has 1 N–H and O–H groups in total. The average molecular weight is 369 g/mol. The molecule has 2 heterocycles. The zero-order valence-electron chi connectivity index (χ0n) is 11.7. The van der Waals surface area contributed by atoms with E-state index in [4.69, 9.17) is 4.42 Å². The van der Waals surface area contributed by atoms with Crippen LogP contribution in [0, 0.1) is 0 Å². The molecule has 23 heavy (non-hydrogen) atoms. The highest BCUT2D eigenvalue weighted by atomic mass is 79.9. The first kappa shape index (κ1) is 13.8. The van der Waals surface area contributed by atoms with Crippen molar-refractivity contribution in [2.24, 2.45) is 0 Å². The molecule has 0 aliphatic heterocycles. The van der Waals surface area contributed by atoms with Crippen LogP contribution in [0.2, 0.25) is 0 Å². The topological polar surface area (TPSA) is 84.7 Å². The summed E-state index contributed by atoms with van der Waals surface area (Å²) in [6, 6.07) is 14.3. The molecule has 0 fully saturated rings. The average Bonchev–Trinajstić information content (AvgIpc) is 3.10. The van der Waals surface area contributed by atoms with Gasteiger partial charge in [-0.25, -0.2) is 5.10 Å². The Morgan fingerprint density at radius 1 is 1.04 bits per heavy atom. The van der Waals surface area contributed by atoms with Crippen LogP contribution >= 0.6 is 15.9 Å². The summed E-state index contributed by atoms with van der Waals surface area (Å²) in [5.74, 6) is 1.09. The summed E-state index contributed by atoms with van der Waals surface area (Å²) < 4.78 is 6.64. The van der Waals surface area contributed by atoms with E-state index in [2.05, 4.69) is 36.6 Å². The van der Waals surface area contributed by atoms with Gasteiger partial charge in [-0.2, -0.15) is 0 Å². The largest absolute Gasteiger partial charge is 0.455 e. The second kappa shape index (κ2) is 5.44. The maximum absolute atomic E-state index is 12.3. The molecule has 0 bridgehead atoms. The summed E-state index contributed by atoms with van der Waals surface area (Å²) in [6.07, 6.45) is 0. The Bertz CT molecular complexity index is 1040. The first-order valence-electron chi connectivity index (χ1n) is 6.79. The number of H-pyrrole nitrogens is 1. The molecule has 0 spiro atoms. The van der Waals surface area contributed by atoms with E-state index in [1.807, 2.05) is 36.4 Å². The van der Waals surface area contributed by atoms with Crippen LogP contribution in [0.1, 0.15) is 0 Å². The molecule has 0 radical (unpaired) electrons. The van der Waals surface area contributed by atoms with Gasteiger partial charge in [0.05, 0.1) is 9.86 Å². The van der Waals surface area contributed by atoms with Gasteiger partial charge >= 0.3 is 0 Å². The fraction of sp³-hybridized carbons (Fsp3) is 0. The van der Waals surface area contributed by atoms with Crippen molar-refractivity contribution in [2.75, 3.05) is 0 Å². The van der Waals surface area contributed by atoms with Crippen LogP contribution in [-0.4, -0.2) is 20.6 Å². The molecular weight excluding hydrogens is 360 g/mol. The van der Waals surface area contributed by atoms with Crippen LogP contribution in [0.15, 0.2) is 62.2 Å². The van der Waals surface area contributed by atoms with Gasteiger partial charge in [-0.05, 0) is 38.5 Å². The quantitative estimate of drug-likeness (QED) is 0.585. The molecule has 0 aliphatic carbocycles. The molecule has 0 saturated carbocycles. The zero-order chi connectivity index (χ0) is 15.8. The minimum atomic E-state index is -0.0777. The predicted octanol–water partition coefficient (Wildman–Crippen LogP) is 3.40. The third kappa shape index (κ3) is 2.44. The van der Waals surface area contributed by atoms with E-state index in [1.165, 1.54) is 6.07 Å². The molecule has 2 aromatic heterocycles. The highest BCUT2D eigenvalue weighted by molar-refractivity contribution is 9.10. The molecule has 0 saturated heterocycles. The van der Waals surface area contributed by atoms with Gasteiger partial charge in [-0.15, -0.1) is 5.10 Å². The SMILES string of the molecule is O=c1cc(-c2ccc(-c3nnn[nH]3)cc2)oc2c(Br)cccc12. The lowest BCUT2D eigenvalue weighted by molar-refractivity contribution is 0.617. The standard InChI is InChI=1S/C16H9BrN4O2/c17-12-3-1-2-11-13(22)8-14(23-15(11)12)9-4-6-10(7-5-9)16-18-20-21-19-16/h1-8H,(H,18,19,20,21). The van der Waals surface area contributed by atoms with Gasteiger partial charge in [0.15, 0.2) is 16.8 Å². The number of halogens is 1. The van der Waals surface area contributed by atoms with Crippen LogP contribution in [0.3, 0.4) is 0 Å². The predicted molar refractivity (Wildman–Crippen MR) is 88.8 cm³/mol. The van der Waals surface area contributed by atoms with Gasteiger partial charge in [0.1, 0.15) is 5.76 Å². The molecule has 0 atom stereocenters.